The van der Waals surface area contributed by atoms with E-state index in [-0.39, 0.29) is 17.2 Å². The van der Waals surface area contributed by atoms with Gasteiger partial charge in [-0.05, 0) is 41.3 Å². The third-order valence-electron chi connectivity index (χ3n) is 5.66. The van der Waals surface area contributed by atoms with Crippen molar-refractivity contribution in [3.8, 4) is 0 Å². The summed E-state index contributed by atoms with van der Waals surface area (Å²) in [7, 11) is 0. The highest BCUT2D eigenvalue weighted by Gasteiger charge is 2.32. The van der Waals surface area contributed by atoms with Gasteiger partial charge in [-0.1, -0.05) is 72.3 Å². The first-order valence-corrected chi connectivity index (χ1v) is 13.8. The number of benzene rings is 3. The number of nitrogens with zero attached hydrogens (tertiary/aromatic N) is 1. The van der Waals surface area contributed by atoms with Gasteiger partial charge in [-0.3, -0.25) is 9.59 Å². The summed E-state index contributed by atoms with van der Waals surface area (Å²) in [5.41, 5.74) is 4.01. The van der Waals surface area contributed by atoms with Crippen LogP contribution >= 0.6 is 35.1 Å². The van der Waals surface area contributed by atoms with Crippen molar-refractivity contribution in [3.05, 3.63) is 106 Å². The van der Waals surface area contributed by atoms with Crippen LogP contribution in [0.2, 0.25) is 5.02 Å². The molecule has 1 aliphatic rings. The first-order chi connectivity index (χ1) is 16.6. The second-order valence-electron chi connectivity index (χ2n) is 8.01. The van der Waals surface area contributed by atoms with Gasteiger partial charge in [-0.25, -0.2) is 0 Å². The Labute approximate surface area is 214 Å². The van der Waals surface area contributed by atoms with E-state index in [1.807, 2.05) is 71.6 Å². The summed E-state index contributed by atoms with van der Waals surface area (Å²) in [4.78, 5) is 26.9. The lowest BCUT2D eigenvalue weighted by molar-refractivity contribution is -0.128. The second kappa shape index (κ2) is 12.3. The lowest BCUT2D eigenvalue weighted by Crippen LogP contribution is -2.30. The van der Waals surface area contributed by atoms with Crippen LogP contribution in [0.4, 0.5) is 0 Å². The smallest absolute Gasteiger partial charge is 0.251 e. The molecule has 0 spiro atoms. The first-order valence-electron chi connectivity index (χ1n) is 11.3. The lowest BCUT2D eigenvalue weighted by atomic mass is 10.1. The quantitative estimate of drug-likeness (QED) is 0.349. The molecule has 3 aromatic rings. The summed E-state index contributed by atoms with van der Waals surface area (Å²) >= 11 is 9.57. The molecule has 0 unspecified atom stereocenters. The molecule has 0 saturated carbocycles. The SMILES string of the molecule is O=C(NCCSCc1ccccc1Cl)c1ccc([C@@H]2SCC(=O)N2CCc2ccccc2)cc1. The van der Waals surface area contributed by atoms with Crippen LogP contribution in [-0.2, 0) is 17.0 Å². The van der Waals surface area contributed by atoms with Crippen molar-refractivity contribution in [2.24, 2.45) is 0 Å². The van der Waals surface area contributed by atoms with Crippen molar-refractivity contribution >= 4 is 46.9 Å². The molecule has 176 valence electrons. The number of carbonyl (C=O) groups is 2. The average Bonchev–Trinajstić information content (AvgIpc) is 3.24. The molecule has 0 radical (unpaired) electrons. The van der Waals surface area contributed by atoms with E-state index in [2.05, 4.69) is 17.4 Å². The van der Waals surface area contributed by atoms with Crippen molar-refractivity contribution in [2.45, 2.75) is 17.5 Å². The van der Waals surface area contributed by atoms with Crippen molar-refractivity contribution in [3.63, 3.8) is 0 Å². The fourth-order valence-corrected chi connectivity index (χ4v) is 6.16. The predicted octanol–water partition coefficient (Wildman–Crippen LogP) is 5.82. The molecule has 1 N–H and O–H groups in total. The zero-order valence-electron chi connectivity index (χ0n) is 18.8. The molecule has 1 aliphatic heterocycles. The van der Waals surface area contributed by atoms with Gasteiger partial charge in [0.1, 0.15) is 5.37 Å². The number of hydrogen-bond donors (Lipinski definition) is 1. The van der Waals surface area contributed by atoms with Gasteiger partial charge in [0.05, 0.1) is 5.75 Å². The summed E-state index contributed by atoms with van der Waals surface area (Å²) in [6.45, 7) is 1.28. The van der Waals surface area contributed by atoms with E-state index in [0.717, 1.165) is 34.1 Å². The molecule has 1 heterocycles. The third-order valence-corrected chi connectivity index (χ3v) is 8.29. The zero-order chi connectivity index (χ0) is 23.8. The number of rotatable bonds is 10. The molecular formula is C27H27ClN2O2S2. The highest BCUT2D eigenvalue weighted by Crippen LogP contribution is 2.38. The molecule has 0 aromatic heterocycles. The fourth-order valence-electron chi connectivity index (χ4n) is 3.80. The Balaban J connectivity index is 1.25. The highest BCUT2D eigenvalue weighted by atomic mass is 35.5. The van der Waals surface area contributed by atoms with E-state index in [0.29, 0.717) is 24.4 Å². The summed E-state index contributed by atoms with van der Waals surface area (Å²) in [5, 5.41) is 3.75. The molecule has 1 atom stereocenters. The normalized spacial score (nSPS) is 15.5. The van der Waals surface area contributed by atoms with Crippen molar-refractivity contribution in [1.29, 1.82) is 0 Å². The standard InChI is InChI=1S/C27H27ClN2O2S2/c28-24-9-5-4-8-23(24)18-33-17-15-29-26(32)21-10-12-22(13-11-21)27-30(25(31)19-34-27)16-14-20-6-2-1-3-7-20/h1-13,27H,14-19H2,(H,29,32)/t27-/m0/s1. The summed E-state index contributed by atoms with van der Waals surface area (Å²) in [6.07, 6.45) is 0.832. The van der Waals surface area contributed by atoms with Gasteiger partial charge in [0, 0.05) is 35.2 Å². The Bertz CT molecular complexity index is 1110. The van der Waals surface area contributed by atoms with Crippen molar-refractivity contribution in [1.82, 2.24) is 10.2 Å². The molecule has 1 saturated heterocycles. The Morgan fingerprint density at radius 2 is 1.76 bits per heavy atom. The third kappa shape index (κ3) is 6.59. The van der Waals surface area contributed by atoms with Crippen molar-refractivity contribution < 1.29 is 9.59 Å². The van der Waals surface area contributed by atoms with E-state index < -0.39 is 0 Å². The molecule has 2 amide bonds. The van der Waals surface area contributed by atoms with Crippen LogP contribution < -0.4 is 5.32 Å². The molecule has 0 bridgehead atoms. The second-order valence-corrected chi connectivity index (χ2v) is 10.6. The van der Waals surface area contributed by atoms with Crippen LogP contribution in [0.5, 0.6) is 0 Å². The molecule has 1 fully saturated rings. The Morgan fingerprint density at radius 1 is 1.03 bits per heavy atom. The minimum Gasteiger partial charge on any atom is -0.351 e. The molecule has 3 aromatic carbocycles. The van der Waals surface area contributed by atoms with Crippen LogP contribution in [0.1, 0.15) is 32.4 Å². The Morgan fingerprint density at radius 3 is 2.53 bits per heavy atom. The van der Waals surface area contributed by atoms with Gasteiger partial charge in [0.25, 0.3) is 5.91 Å². The Hall–Kier alpha value is -2.41. The summed E-state index contributed by atoms with van der Waals surface area (Å²) < 4.78 is 0. The summed E-state index contributed by atoms with van der Waals surface area (Å²) in [6, 6.07) is 25.7. The number of thioether (sulfide) groups is 2. The number of amides is 2. The van der Waals surface area contributed by atoms with Gasteiger partial charge in [0.15, 0.2) is 0 Å². The van der Waals surface area contributed by atoms with Crippen molar-refractivity contribution in [2.75, 3.05) is 24.6 Å². The van der Waals surface area contributed by atoms with Crippen LogP contribution in [0.15, 0.2) is 78.9 Å². The maximum absolute atomic E-state index is 12.5. The van der Waals surface area contributed by atoms with Crippen LogP contribution in [0.3, 0.4) is 0 Å². The molecule has 0 aliphatic carbocycles. The minimum absolute atomic E-state index is 0.00506. The van der Waals surface area contributed by atoms with Gasteiger partial charge < -0.3 is 10.2 Å². The molecular weight excluding hydrogens is 484 g/mol. The van der Waals surface area contributed by atoms with Crippen LogP contribution in [0.25, 0.3) is 0 Å². The molecule has 4 nitrogen and oxygen atoms in total. The van der Waals surface area contributed by atoms with E-state index in [4.69, 9.17) is 11.6 Å². The number of halogens is 1. The number of hydrogen-bond acceptors (Lipinski definition) is 4. The predicted molar refractivity (Wildman–Crippen MR) is 143 cm³/mol. The van der Waals surface area contributed by atoms with E-state index in [9.17, 15) is 9.59 Å². The zero-order valence-corrected chi connectivity index (χ0v) is 21.2. The highest BCUT2D eigenvalue weighted by molar-refractivity contribution is 8.00. The maximum atomic E-state index is 12.5. The van der Waals surface area contributed by atoms with E-state index in [1.54, 1.807) is 23.5 Å². The largest absolute Gasteiger partial charge is 0.351 e. The summed E-state index contributed by atoms with van der Waals surface area (Å²) in [5.74, 6) is 2.21. The van der Waals surface area contributed by atoms with Crippen LogP contribution in [0, 0.1) is 0 Å². The van der Waals surface area contributed by atoms with Gasteiger partial charge in [-0.2, -0.15) is 11.8 Å². The van der Waals surface area contributed by atoms with Gasteiger partial charge in [-0.15, -0.1) is 11.8 Å². The molecule has 4 rings (SSSR count). The maximum Gasteiger partial charge on any atom is 0.251 e. The lowest BCUT2D eigenvalue weighted by Gasteiger charge is -2.24. The van der Waals surface area contributed by atoms with Crippen LogP contribution in [-0.4, -0.2) is 41.3 Å². The minimum atomic E-state index is -0.0824. The fraction of sp³-hybridized carbons (Fsp3) is 0.259. The molecule has 7 heteroatoms. The number of carbonyl (C=O) groups excluding carboxylic acids is 2. The monoisotopic (exact) mass is 510 g/mol. The van der Waals surface area contributed by atoms with Gasteiger partial charge in [0.2, 0.25) is 5.91 Å². The van der Waals surface area contributed by atoms with E-state index >= 15 is 0 Å². The first kappa shape index (κ1) is 24.7. The van der Waals surface area contributed by atoms with E-state index in [1.165, 1.54) is 5.56 Å². The number of nitrogens with one attached hydrogen (secondary N) is 1. The molecule has 34 heavy (non-hydrogen) atoms. The Kier molecular flexibility index (Phi) is 8.97. The average molecular weight is 511 g/mol. The topological polar surface area (TPSA) is 49.4 Å². The van der Waals surface area contributed by atoms with Gasteiger partial charge >= 0.3 is 0 Å².